The highest BCUT2D eigenvalue weighted by Crippen LogP contribution is 2.15. The van der Waals surface area contributed by atoms with Gasteiger partial charge in [-0.05, 0) is 54.4 Å². The number of carbonyl (C=O) groups is 2. The van der Waals surface area contributed by atoms with E-state index >= 15 is 0 Å². The van der Waals surface area contributed by atoms with E-state index in [2.05, 4.69) is 0 Å². The summed E-state index contributed by atoms with van der Waals surface area (Å²) in [5.74, 6) is -0.135. The van der Waals surface area contributed by atoms with Crippen molar-refractivity contribution < 1.29 is 19.1 Å². The summed E-state index contributed by atoms with van der Waals surface area (Å²) in [6, 6.07) is 0. The van der Waals surface area contributed by atoms with E-state index < -0.39 is 0 Å². The molecule has 0 amide bonds. The van der Waals surface area contributed by atoms with Crippen molar-refractivity contribution in [3.8, 4) is 0 Å². The fourth-order valence-corrected chi connectivity index (χ4v) is 3.27. The van der Waals surface area contributed by atoms with Crippen LogP contribution >= 0.6 is 0 Å². The number of rotatable bonds is 16. The predicted octanol–water partition coefficient (Wildman–Crippen LogP) is 7.52. The first-order valence-corrected chi connectivity index (χ1v) is 11.9. The minimum Gasteiger partial charge on any atom is -0.460 e. The summed E-state index contributed by atoms with van der Waals surface area (Å²) >= 11 is 0. The minimum atomic E-state index is -0.364. The Morgan fingerprint density at radius 1 is 0.448 bits per heavy atom. The second-order valence-corrected chi connectivity index (χ2v) is 10.3. The van der Waals surface area contributed by atoms with Crippen LogP contribution in [-0.4, -0.2) is 23.1 Å². The second kappa shape index (κ2) is 15.7. The monoisotopic (exact) mass is 412 g/mol. The third-order valence-electron chi connectivity index (χ3n) is 4.60. The van der Waals surface area contributed by atoms with Crippen molar-refractivity contribution in [3.05, 3.63) is 0 Å². The maximum absolute atomic E-state index is 11.6. The Balaban J connectivity index is 3.26. The zero-order valence-electron chi connectivity index (χ0n) is 20.2. The molecular formula is C25H48O4. The lowest BCUT2D eigenvalue weighted by atomic mass is 10.0. The highest BCUT2D eigenvalue weighted by atomic mass is 16.6. The molecule has 0 bridgehead atoms. The number of carbonyl (C=O) groups excluding carboxylic acids is 2. The largest absolute Gasteiger partial charge is 0.460 e. The quantitative estimate of drug-likeness (QED) is 0.194. The molecule has 0 saturated heterocycles. The molecule has 0 aliphatic heterocycles. The molecule has 0 N–H and O–H groups in total. The molecule has 0 aliphatic rings. The van der Waals surface area contributed by atoms with E-state index in [0.717, 1.165) is 25.7 Å². The lowest BCUT2D eigenvalue weighted by molar-refractivity contribution is -0.156. The molecule has 0 rings (SSSR count). The van der Waals surface area contributed by atoms with Gasteiger partial charge in [-0.2, -0.15) is 0 Å². The summed E-state index contributed by atoms with van der Waals surface area (Å²) in [5, 5.41) is 0. The Kier molecular flexibility index (Phi) is 15.2. The normalized spacial score (nSPS) is 12.1. The van der Waals surface area contributed by atoms with Crippen LogP contribution in [0.15, 0.2) is 0 Å². The van der Waals surface area contributed by atoms with E-state index in [-0.39, 0.29) is 23.1 Å². The summed E-state index contributed by atoms with van der Waals surface area (Å²) in [6.07, 6.45) is 16.8. The lowest BCUT2D eigenvalue weighted by Crippen LogP contribution is -2.23. The van der Waals surface area contributed by atoms with Crippen LogP contribution in [0.25, 0.3) is 0 Å². The molecule has 29 heavy (non-hydrogen) atoms. The first kappa shape index (κ1) is 27.9. The first-order chi connectivity index (χ1) is 13.5. The average Bonchev–Trinajstić information content (AvgIpc) is 2.55. The van der Waals surface area contributed by atoms with Crippen molar-refractivity contribution in [2.75, 3.05) is 0 Å². The van der Waals surface area contributed by atoms with E-state index in [9.17, 15) is 9.59 Å². The molecule has 172 valence electrons. The SMILES string of the molecule is CC(C)(C)OC(=O)CCCCCCCCCCCCCCCC(=O)OC(C)(C)C. The summed E-state index contributed by atoms with van der Waals surface area (Å²) in [6.45, 7) is 11.5. The molecule has 0 aromatic carbocycles. The topological polar surface area (TPSA) is 52.6 Å². The Labute approximate surface area is 180 Å². The third-order valence-corrected chi connectivity index (χ3v) is 4.60. The molecule has 0 radical (unpaired) electrons. The van der Waals surface area contributed by atoms with Gasteiger partial charge in [-0.3, -0.25) is 9.59 Å². The molecule has 4 heteroatoms. The van der Waals surface area contributed by atoms with E-state index in [0.29, 0.717) is 12.8 Å². The number of esters is 2. The number of unbranched alkanes of at least 4 members (excludes halogenated alkanes) is 12. The summed E-state index contributed by atoms with van der Waals surface area (Å²) in [5.41, 5.74) is -0.728. The Morgan fingerprint density at radius 2 is 0.655 bits per heavy atom. The molecule has 0 aliphatic carbocycles. The molecular weight excluding hydrogens is 364 g/mol. The van der Waals surface area contributed by atoms with E-state index in [4.69, 9.17) is 9.47 Å². The smallest absolute Gasteiger partial charge is 0.306 e. The van der Waals surface area contributed by atoms with Crippen molar-refractivity contribution in [3.63, 3.8) is 0 Å². The van der Waals surface area contributed by atoms with Gasteiger partial charge in [0.25, 0.3) is 0 Å². The number of ether oxygens (including phenoxy) is 2. The standard InChI is InChI=1S/C25H48O4/c1-24(2,3)28-22(26)20-18-16-14-12-10-8-7-9-11-13-15-17-19-21-23(27)29-25(4,5)6/h7-21H2,1-6H3. The molecule has 0 spiro atoms. The molecule has 0 aromatic rings. The van der Waals surface area contributed by atoms with Crippen LogP contribution in [0.4, 0.5) is 0 Å². The van der Waals surface area contributed by atoms with Gasteiger partial charge >= 0.3 is 11.9 Å². The van der Waals surface area contributed by atoms with Crippen molar-refractivity contribution in [2.45, 2.75) is 149 Å². The zero-order chi connectivity index (χ0) is 22.2. The van der Waals surface area contributed by atoms with Crippen molar-refractivity contribution in [1.82, 2.24) is 0 Å². The van der Waals surface area contributed by atoms with E-state index in [1.165, 1.54) is 57.8 Å². The fraction of sp³-hybridized carbons (Fsp3) is 0.920. The van der Waals surface area contributed by atoms with E-state index in [1.54, 1.807) is 0 Å². The maximum atomic E-state index is 11.6. The Hall–Kier alpha value is -1.06. The average molecular weight is 413 g/mol. The molecule has 4 nitrogen and oxygen atoms in total. The van der Waals surface area contributed by atoms with Gasteiger partial charge in [0.05, 0.1) is 0 Å². The number of hydrogen-bond donors (Lipinski definition) is 0. The summed E-state index contributed by atoms with van der Waals surface area (Å²) in [7, 11) is 0. The van der Waals surface area contributed by atoms with Gasteiger partial charge < -0.3 is 9.47 Å². The van der Waals surface area contributed by atoms with Crippen LogP contribution in [-0.2, 0) is 19.1 Å². The van der Waals surface area contributed by atoms with E-state index in [1.807, 2.05) is 41.5 Å². The van der Waals surface area contributed by atoms with Crippen LogP contribution in [0.5, 0.6) is 0 Å². The minimum absolute atomic E-state index is 0.0673. The van der Waals surface area contributed by atoms with Gasteiger partial charge in [-0.1, -0.05) is 70.6 Å². The van der Waals surface area contributed by atoms with Gasteiger partial charge in [0, 0.05) is 12.8 Å². The van der Waals surface area contributed by atoms with Crippen LogP contribution < -0.4 is 0 Å². The van der Waals surface area contributed by atoms with Gasteiger partial charge in [-0.25, -0.2) is 0 Å². The maximum Gasteiger partial charge on any atom is 0.306 e. The molecule has 0 fully saturated rings. The van der Waals surface area contributed by atoms with Gasteiger partial charge in [0.1, 0.15) is 11.2 Å². The van der Waals surface area contributed by atoms with Gasteiger partial charge in [-0.15, -0.1) is 0 Å². The Bertz CT molecular complexity index is 389. The molecule has 0 aromatic heterocycles. The van der Waals surface area contributed by atoms with Gasteiger partial charge in [0.15, 0.2) is 0 Å². The fourth-order valence-electron chi connectivity index (χ4n) is 3.27. The summed E-state index contributed by atoms with van der Waals surface area (Å²) < 4.78 is 10.6. The zero-order valence-corrected chi connectivity index (χ0v) is 20.2. The van der Waals surface area contributed by atoms with Crippen molar-refractivity contribution in [2.24, 2.45) is 0 Å². The highest BCUT2D eigenvalue weighted by Gasteiger charge is 2.16. The lowest BCUT2D eigenvalue weighted by Gasteiger charge is -2.19. The van der Waals surface area contributed by atoms with Crippen LogP contribution in [0.1, 0.15) is 138 Å². The van der Waals surface area contributed by atoms with Gasteiger partial charge in [0.2, 0.25) is 0 Å². The molecule has 0 heterocycles. The van der Waals surface area contributed by atoms with Crippen LogP contribution in [0.2, 0.25) is 0 Å². The van der Waals surface area contributed by atoms with Crippen LogP contribution in [0.3, 0.4) is 0 Å². The first-order valence-electron chi connectivity index (χ1n) is 11.9. The highest BCUT2D eigenvalue weighted by molar-refractivity contribution is 5.70. The second-order valence-electron chi connectivity index (χ2n) is 10.3. The van der Waals surface area contributed by atoms with Crippen molar-refractivity contribution >= 4 is 11.9 Å². The van der Waals surface area contributed by atoms with Crippen molar-refractivity contribution in [1.29, 1.82) is 0 Å². The molecule has 0 atom stereocenters. The third kappa shape index (κ3) is 23.1. The Morgan fingerprint density at radius 3 is 0.862 bits per heavy atom. The van der Waals surface area contributed by atoms with Crippen LogP contribution in [0, 0.1) is 0 Å². The number of hydrogen-bond acceptors (Lipinski definition) is 4. The molecule has 0 unspecified atom stereocenters. The molecule has 0 saturated carbocycles. The summed E-state index contributed by atoms with van der Waals surface area (Å²) in [4.78, 5) is 23.2. The predicted molar refractivity (Wildman–Crippen MR) is 121 cm³/mol.